The molecule has 0 aliphatic carbocycles. The predicted octanol–water partition coefficient (Wildman–Crippen LogP) is 3.38. The minimum atomic E-state index is 0.153. The van der Waals surface area contributed by atoms with Crippen LogP contribution in [0, 0.1) is 0 Å². The quantitative estimate of drug-likeness (QED) is 0.805. The normalized spacial score (nSPS) is 20.2. The summed E-state index contributed by atoms with van der Waals surface area (Å²) in [7, 11) is 0. The predicted molar refractivity (Wildman–Crippen MR) is 97.7 cm³/mol. The number of para-hydroxylation sites is 2. The number of benzene rings is 2. The Balaban J connectivity index is 1.45. The summed E-state index contributed by atoms with van der Waals surface area (Å²) in [5.41, 5.74) is 3.60. The monoisotopic (exact) mass is 321 g/mol. The van der Waals surface area contributed by atoms with Gasteiger partial charge in [0.25, 0.3) is 0 Å². The summed E-state index contributed by atoms with van der Waals surface area (Å²) in [4.78, 5) is 19.4. The summed E-state index contributed by atoms with van der Waals surface area (Å²) < 4.78 is 0. The smallest absolute Gasteiger partial charge is 0.324 e. The van der Waals surface area contributed by atoms with Crippen LogP contribution in [0.1, 0.15) is 12.5 Å². The van der Waals surface area contributed by atoms with E-state index in [0.29, 0.717) is 0 Å². The van der Waals surface area contributed by atoms with Gasteiger partial charge >= 0.3 is 6.03 Å². The summed E-state index contributed by atoms with van der Waals surface area (Å²) in [5.74, 6) is 0. The lowest BCUT2D eigenvalue weighted by Crippen LogP contribution is -2.54. The Labute approximate surface area is 143 Å². The first-order chi connectivity index (χ1) is 11.7. The molecule has 4 heteroatoms. The molecule has 2 amide bonds. The molecule has 1 atom stereocenters. The first-order valence-electron chi connectivity index (χ1n) is 8.70. The van der Waals surface area contributed by atoms with Gasteiger partial charge < -0.3 is 9.80 Å². The number of carbonyl (C=O) groups excluding carboxylic acids is 1. The molecule has 0 N–H and O–H groups in total. The van der Waals surface area contributed by atoms with Crippen molar-refractivity contribution in [3.05, 3.63) is 60.2 Å². The Morgan fingerprint density at radius 3 is 2.33 bits per heavy atom. The van der Waals surface area contributed by atoms with Gasteiger partial charge in [-0.1, -0.05) is 36.4 Å². The van der Waals surface area contributed by atoms with Crippen molar-refractivity contribution in [2.45, 2.75) is 19.4 Å². The van der Waals surface area contributed by atoms with Gasteiger partial charge in [0.1, 0.15) is 0 Å². The van der Waals surface area contributed by atoms with Crippen molar-refractivity contribution in [2.24, 2.45) is 0 Å². The molecule has 0 spiro atoms. The first-order valence-corrected chi connectivity index (χ1v) is 8.70. The summed E-state index contributed by atoms with van der Waals surface area (Å²) in [6.45, 7) is 5.47. The Morgan fingerprint density at radius 1 is 0.917 bits per heavy atom. The number of amides is 2. The zero-order valence-corrected chi connectivity index (χ0v) is 14.1. The fourth-order valence-corrected chi connectivity index (χ4v) is 3.80. The van der Waals surface area contributed by atoms with E-state index in [4.69, 9.17) is 0 Å². The van der Waals surface area contributed by atoms with Crippen LogP contribution in [0.25, 0.3) is 0 Å². The Kier molecular flexibility index (Phi) is 3.89. The standard InChI is InChI=1S/C20H23N3O/c1-16-15-17-7-5-6-10-19(17)23(16)20(24)22-13-11-21(12-14-22)18-8-3-2-4-9-18/h2-10,16H,11-15H2,1H3. The maximum absolute atomic E-state index is 13.1. The van der Waals surface area contributed by atoms with Gasteiger partial charge in [-0.05, 0) is 37.1 Å². The zero-order chi connectivity index (χ0) is 16.5. The number of urea groups is 1. The van der Waals surface area contributed by atoms with E-state index in [0.717, 1.165) is 38.3 Å². The van der Waals surface area contributed by atoms with Gasteiger partial charge in [-0.2, -0.15) is 0 Å². The van der Waals surface area contributed by atoms with Crippen molar-refractivity contribution < 1.29 is 4.79 Å². The van der Waals surface area contributed by atoms with Gasteiger partial charge in [0, 0.05) is 43.6 Å². The topological polar surface area (TPSA) is 26.8 Å². The van der Waals surface area contributed by atoms with Crippen molar-refractivity contribution in [2.75, 3.05) is 36.0 Å². The second-order valence-electron chi connectivity index (χ2n) is 6.64. The van der Waals surface area contributed by atoms with Crippen molar-refractivity contribution in [3.8, 4) is 0 Å². The molecular formula is C20H23N3O. The molecule has 4 rings (SSSR count). The second-order valence-corrected chi connectivity index (χ2v) is 6.64. The number of hydrogen-bond donors (Lipinski definition) is 0. The molecule has 1 unspecified atom stereocenters. The summed E-state index contributed by atoms with van der Waals surface area (Å²) in [5, 5.41) is 0. The molecule has 2 aromatic rings. The van der Waals surface area contributed by atoms with Crippen LogP contribution in [0.15, 0.2) is 54.6 Å². The van der Waals surface area contributed by atoms with Crippen LogP contribution in [0.4, 0.5) is 16.2 Å². The van der Waals surface area contributed by atoms with Crippen molar-refractivity contribution >= 4 is 17.4 Å². The van der Waals surface area contributed by atoms with Crippen LogP contribution in [-0.2, 0) is 6.42 Å². The highest BCUT2D eigenvalue weighted by molar-refractivity contribution is 5.95. The molecule has 4 nitrogen and oxygen atoms in total. The molecule has 0 bridgehead atoms. The van der Waals surface area contributed by atoms with Crippen LogP contribution in [0.3, 0.4) is 0 Å². The number of nitrogens with zero attached hydrogens (tertiary/aromatic N) is 3. The number of carbonyl (C=O) groups is 1. The lowest BCUT2D eigenvalue weighted by atomic mass is 10.1. The number of fused-ring (bicyclic) bond motifs is 1. The van der Waals surface area contributed by atoms with E-state index < -0.39 is 0 Å². The van der Waals surface area contributed by atoms with E-state index in [-0.39, 0.29) is 12.1 Å². The molecule has 24 heavy (non-hydrogen) atoms. The number of rotatable bonds is 1. The van der Waals surface area contributed by atoms with E-state index in [1.54, 1.807) is 0 Å². The highest BCUT2D eigenvalue weighted by Crippen LogP contribution is 2.32. The van der Waals surface area contributed by atoms with Gasteiger partial charge in [-0.3, -0.25) is 4.90 Å². The largest absolute Gasteiger partial charge is 0.368 e. The maximum Gasteiger partial charge on any atom is 0.324 e. The first kappa shape index (κ1) is 15.1. The van der Waals surface area contributed by atoms with E-state index in [2.05, 4.69) is 54.3 Å². The fraction of sp³-hybridized carbons (Fsp3) is 0.350. The van der Waals surface area contributed by atoms with Gasteiger partial charge in [0.2, 0.25) is 0 Å². The summed E-state index contributed by atoms with van der Waals surface area (Å²) in [6.07, 6.45) is 0.950. The van der Waals surface area contributed by atoms with E-state index in [1.807, 2.05) is 21.9 Å². The number of anilines is 2. The fourth-order valence-electron chi connectivity index (χ4n) is 3.80. The Morgan fingerprint density at radius 2 is 1.58 bits per heavy atom. The molecule has 0 aromatic heterocycles. The third-order valence-electron chi connectivity index (χ3n) is 5.08. The SMILES string of the molecule is CC1Cc2ccccc2N1C(=O)N1CCN(c2ccccc2)CC1. The number of hydrogen-bond acceptors (Lipinski definition) is 2. The molecule has 1 fully saturated rings. The van der Waals surface area contributed by atoms with Crippen LogP contribution in [0.2, 0.25) is 0 Å². The third-order valence-corrected chi connectivity index (χ3v) is 5.08. The summed E-state index contributed by atoms with van der Waals surface area (Å²) in [6, 6.07) is 19.1. The van der Waals surface area contributed by atoms with Crippen LogP contribution in [-0.4, -0.2) is 43.2 Å². The van der Waals surface area contributed by atoms with Crippen molar-refractivity contribution in [3.63, 3.8) is 0 Å². The van der Waals surface area contributed by atoms with E-state index in [9.17, 15) is 4.79 Å². The molecule has 124 valence electrons. The Bertz CT molecular complexity index is 723. The minimum absolute atomic E-state index is 0.153. The van der Waals surface area contributed by atoms with Gasteiger partial charge in [0.05, 0.1) is 0 Å². The molecule has 2 aromatic carbocycles. The molecular weight excluding hydrogens is 298 g/mol. The Hall–Kier alpha value is -2.49. The lowest BCUT2D eigenvalue weighted by Gasteiger charge is -2.38. The molecule has 2 aliphatic heterocycles. The van der Waals surface area contributed by atoms with Gasteiger partial charge in [-0.25, -0.2) is 4.79 Å². The van der Waals surface area contributed by atoms with Gasteiger partial charge in [-0.15, -0.1) is 0 Å². The van der Waals surface area contributed by atoms with Crippen LogP contribution < -0.4 is 9.80 Å². The van der Waals surface area contributed by atoms with Crippen molar-refractivity contribution in [1.82, 2.24) is 4.90 Å². The third kappa shape index (κ3) is 2.62. The highest BCUT2D eigenvalue weighted by Gasteiger charge is 2.34. The van der Waals surface area contributed by atoms with Crippen LogP contribution >= 0.6 is 0 Å². The van der Waals surface area contributed by atoms with E-state index in [1.165, 1.54) is 11.3 Å². The van der Waals surface area contributed by atoms with Crippen molar-refractivity contribution in [1.29, 1.82) is 0 Å². The average molecular weight is 321 g/mol. The van der Waals surface area contributed by atoms with E-state index >= 15 is 0 Å². The van der Waals surface area contributed by atoms with Gasteiger partial charge in [0.15, 0.2) is 0 Å². The summed E-state index contributed by atoms with van der Waals surface area (Å²) >= 11 is 0. The average Bonchev–Trinajstić information content (AvgIpc) is 2.98. The minimum Gasteiger partial charge on any atom is -0.368 e. The van der Waals surface area contributed by atoms with Crippen LogP contribution in [0.5, 0.6) is 0 Å². The molecule has 0 saturated carbocycles. The zero-order valence-electron chi connectivity index (χ0n) is 14.1. The highest BCUT2D eigenvalue weighted by atomic mass is 16.2. The lowest BCUT2D eigenvalue weighted by molar-refractivity contribution is 0.199. The molecule has 2 aliphatic rings. The molecule has 0 radical (unpaired) electrons. The second kappa shape index (κ2) is 6.19. The molecule has 1 saturated heterocycles. The maximum atomic E-state index is 13.1. The number of piperazine rings is 1. The molecule has 2 heterocycles.